The van der Waals surface area contributed by atoms with Crippen LogP contribution >= 0.6 is 31.9 Å². The Balaban J connectivity index is 1.98. The summed E-state index contributed by atoms with van der Waals surface area (Å²) in [5.41, 5.74) is 8.68. The molecule has 2 rings (SSSR count). The third-order valence-corrected chi connectivity index (χ3v) is 4.13. The standard InChI is InChI=1S/C16H17Br2NO/c1-20-15-5-2-11(3-6-15)4-7-16(19)12-8-13(17)10-14(18)9-12/h2-3,5-6,8-10,16H,4,7,19H2,1H3. The molecule has 2 aromatic rings. The predicted octanol–water partition coefficient (Wildman–Crippen LogP) is 4.85. The lowest BCUT2D eigenvalue weighted by molar-refractivity contribution is 0.414. The average Bonchev–Trinajstić information content (AvgIpc) is 2.44. The zero-order valence-corrected chi connectivity index (χ0v) is 14.4. The molecule has 20 heavy (non-hydrogen) atoms. The summed E-state index contributed by atoms with van der Waals surface area (Å²) in [6, 6.07) is 14.3. The van der Waals surface area contributed by atoms with Crippen molar-refractivity contribution in [1.82, 2.24) is 0 Å². The molecular weight excluding hydrogens is 382 g/mol. The fourth-order valence-corrected chi connectivity index (χ4v) is 3.40. The van der Waals surface area contributed by atoms with E-state index < -0.39 is 0 Å². The Morgan fingerprint density at radius 3 is 2.20 bits per heavy atom. The molecule has 0 radical (unpaired) electrons. The molecule has 0 heterocycles. The van der Waals surface area contributed by atoms with Gasteiger partial charge in [0.2, 0.25) is 0 Å². The zero-order chi connectivity index (χ0) is 14.5. The summed E-state index contributed by atoms with van der Waals surface area (Å²) in [4.78, 5) is 0. The summed E-state index contributed by atoms with van der Waals surface area (Å²) < 4.78 is 7.24. The third kappa shape index (κ3) is 4.33. The second-order valence-electron chi connectivity index (χ2n) is 4.70. The predicted molar refractivity (Wildman–Crippen MR) is 90.1 cm³/mol. The van der Waals surface area contributed by atoms with Gasteiger partial charge in [0.1, 0.15) is 5.75 Å². The van der Waals surface area contributed by atoms with Crippen LogP contribution in [0.4, 0.5) is 0 Å². The van der Waals surface area contributed by atoms with Crippen molar-refractivity contribution in [2.24, 2.45) is 5.73 Å². The highest BCUT2D eigenvalue weighted by molar-refractivity contribution is 9.11. The van der Waals surface area contributed by atoms with Crippen molar-refractivity contribution < 1.29 is 4.74 Å². The van der Waals surface area contributed by atoms with E-state index in [9.17, 15) is 0 Å². The Kier molecular flexibility index (Phi) is 5.64. The highest BCUT2D eigenvalue weighted by atomic mass is 79.9. The van der Waals surface area contributed by atoms with Crippen LogP contribution in [-0.2, 0) is 6.42 Å². The first-order valence-electron chi connectivity index (χ1n) is 6.43. The van der Waals surface area contributed by atoms with Gasteiger partial charge in [-0.15, -0.1) is 0 Å². The number of nitrogens with two attached hydrogens (primary N) is 1. The maximum atomic E-state index is 6.27. The number of aryl methyl sites for hydroxylation is 1. The van der Waals surface area contributed by atoms with Crippen LogP contribution in [0.2, 0.25) is 0 Å². The van der Waals surface area contributed by atoms with Crippen LogP contribution in [0.25, 0.3) is 0 Å². The summed E-state index contributed by atoms with van der Waals surface area (Å²) >= 11 is 6.99. The number of methoxy groups -OCH3 is 1. The van der Waals surface area contributed by atoms with E-state index in [2.05, 4.69) is 56.1 Å². The molecule has 0 saturated carbocycles. The third-order valence-electron chi connectivity index (χ3n) is 3.22. The molecule has 0 saturated heterocycles. The van der Waals surface area contributed by atoms with Gasteiger partial charge in [0.25, 0.3) is 0 Å². The van der Waals surface area contributed by atoms with Crippen LogP contribution < -0.4 is 10.5 Å². The first-order chi connectivity index (χ1) is 9.58. The van der Waals surface area contributed by atoms with Crippen LogP contribution in [0.1, 0.15) is 23.6 Å². The van der Waals surface area contributed by atoms with Gasteiger partial charge in [0.15, 0.2) is 0 Å². The van der Waals surface area contributed by atoms with Gasteiger partial charge in [0.05, 0.1) is 7.11 Å². The molecular formula is C16H17Br2NO. The second-order valence-corrected chi connectivity index (χ2v) is 6.53. The van der Waals surface area contributed by atoms with E-state index in [1.54, 1.807) is 7.11 Å². The largest absolute Gasteiger partial charge is 0.497 e. The van der Waals surface area contributed by atoms with Crippen molar-refractivity contribution in [3.8, 4) is 5.75 Å². The molecule has 0 amide bonds. The molecule has 1 unspecified atom stereocenters. The first-order valence-corrected chi connectivity index (χ1v) is 8.01. The molecule has 106 valence electrons. The number of hydrogen-bond donors (Lipinski definition) is 1. The minimum Gasteiger partial charge on any atom is -0.497 e. The van der Waals surface area contributed by atoms with Gasteiger partial charge in [-0.2, -0.15) is 0 Å². The van der Waals surface area contributed by atoms with Crippen LogP contribution in [0, 0.1) is 0 Å². The van der Waals surface area contributed by atoms with Crippen molar-refractivity contribution in [2.75, 3.05) is 7.11 Å². The summed E-state index contributed by atoms with van der Waals surface area (Å²) in [6.07, 6.45) is 1.87. The van der Waals surface area contributed by atoms with Crippen LogP contribution in [0.5, 0.6) is 5.75 Å². The summed E-state index contributed by atoms with van der Waals surface area (Å²) in [5.74, 6) is 0.883. The normalized spacial score (nSPS) is 12.2. The molecule has 2 nitrogen and oxygen atoms in total. The molecule has 2 N–H and O–H groups in total. The smallest absolute Gasteiger partial charge is 0.118 e. The molecule has 1 atom stereocenters. The van der Waals surface area contributed by atoms with Crippen molar-refractivity contribution in [1.29, 1.82) is 0 Å². The number of hydrogen-bond acceptors (Lipinski definition) is 2. The molecule has 0 aliphatic carbocycles. The quantitative estimate of drug-likeness (QED) is 0.780. The number of benzene rings is 2. The Morgan fingerprint density at radius 1 is 1.05 bits per heavy atom. The van der Waals surface area contributed by atoms with Gasteiger partial charge in [-0.05, 0) is 54.3 Å². The van der Waals surface area contributed by atoms with Crippen molar-refractivity contribution in [3.05, 3.63) is 62.5 Å². The SMILES string of the molecule is COc1ccc(CCC(N)c2cc(Br)cc(Br)c2)cc1. The minimum atomic E-state index is 0.0332. The lowest BCUT2D eigenvalue weighted by atomic mass is 10.00. The van der Waals surface area contributed by atoms with Crippen LogP contribution in [0.15, 0.2) is 51.4 Å². The highest BCUT2D eigenvalue weighted by Gasteiger charge is 2.08. The number of ether oxygens (including phenoxy) is 1. The fourth-order valence-electron chi connectivity index (χ4n) is 2.07. The molecule has 0 aliphatic heterocycles. The van der Waals surface area contributed by atoms with Crippen LogP contribution in [0.3, 0.4) is 0 Å². The average molecular weight is 399 g/mol. The van der Waals surface area contributed by atoms with E-state index in [1.807, 2.05) is 18.2 Å². The number of halogens is 2. The molecule has 0 spiro atoms. The van der Waals surface area contributed by atoms with Crippen molar-refractivity contribution in [3.63, 3.8) is 0 Å². The fraction of sp³-hybridized carbons (Fsp3) is 0.250. The van der Waals surface area contributed by atoms with E-state index in [1.165, 1.54) is 5.56 Å². The van der Waals surface area contributed by atoms with Gasteiger partial charge in [-0.1, -0.05) is 44.0 Å². The maximum Gasteiger partial charge on any atom is 0.118 e. The molecule has 2 aromatic carbocycles. The van der Waals surface area contributed by atoms with Gasteiger partial charge >= 0.3 is 0 Å². The topological polar surface area (TPSA) is 35.2 Å². The summed E-state index contributed by atoms with van der Waals surface area (Å²) in [7, 11) is 1.68. The summed E-state index contributed by atoms with van der Waals surface area (Å²) in [6.45, 7) is 0. The van der Waals surface area contributed by atoms with E-state index in [0.717, 1.165) is 33.1 Å². The van der Waals surface area contributed by atoms with Crippen molar-refractivity contribution >= 4 is 31.9 Å². The molecule has 0 aliphatic rings. The van der Waals surface area contributed by atoms with E-state index >= 15 is 0 Å². The Morgan fingerprint density at radius 2 is 1.65 bits per heavy atom. The highest BCUT2D eigenvalue weighted by Crippen LogP contribution is 2.25. The Hall–Kier alpha value is -0.840. The lowest BCUT2D eigenvalue weighted by Crippen LogP contribution is -2.11. The minimum absolute atomic E-state index is 0.0332. The molecule has 0 aromatic heterocycles. The zero-order valence-electron chi connectivity index (χ0n) is 11.3. The van der Waals surface area contributed by atoms with Gasteiger partial charge in [-0.25, -0.2) is 0 Å². The van der Waals surface area contributed by atoms with Gasteiger partial charge in [-0.3, -0.25) is 0 Å². The van der Waals surface area contributed by atoms with E-state index in [0.29, 0.717) is 0 Å². The van der Waals surface area contributed by atoms with Crippen LogP contribution in [-0.4, -0.2) is 7.11 Å². The van der Waals surface area contributed by atoms with E-state index in [-0.39, 0.29) is 6.04 Å². The van der Waals surface area contributed by atoms with Crippen molar-refractivity contribution in [2.45, 2.75) is 18.9 Å². The Bertz CT molecular complexity index is 549. The van der Waals surface area contributed by atoms with Gasteiger partial charge in [0, 0.05) is 15.0 Å². The molecule has 0 fully saturated rings. The summed E-state index contributed by atoms with van der Waals surface area (Å²) in [5, 5.41) is 0. The Labute approximate surface area is 136 Å². The number of rotatable bonds is 5. The lowest BCUT2D eigenvalue weighted by Gasteiger charge is -2.13. The van der Waals surface area contributed by atoms with E-state index in [4.69, 9.17) is 10.5 Å². The van der Waals surface area contributed by atoms with Gasteiger partial charge < -0.3 is 10.5 Å². The first kappa shape index (κ1) is 15.5. The maximum absolute atomic E-state index is 6.27. The second kappa shape index (κ2) is 7.25. The monoisotopic (exact) mass is 397 g/mol. The molecule has 0 bridgehead atoms. The molecule has 4 heteroatoms.